The zero-order valence-corrected chi connectivity index (χ0v) is 11.7. The van der Waals surface area contributed by atoms with Crippen LogP contribution in [0.3, 0.4) is 0 Å². The monoisotopic (exact) mass is 296 g/mol. The van der Waals surface area contributed by atoms with E-state index in [0.717, 1.165) is 0 Å². The van der Waals surface area contributed by atoms with Crippen LogP contribution in [0.15, 0.2) is 24.3 Å². The van der Waals surface area contributed by atoms with Crippen molar-refractivity contribution in [3.8, 4) is 5.75 Å². The molecule has 0 aromatic heterocycles. The molecule has 1 aromatic rings. The standard InChI is InChI=1S/C14H17FN2O4/c1-17-8-12(21-14(17)19)5-6-16-13(18)9-20-11-4-2-3-10(15)7-11/h2-4,7,12H,5-6,8-9H2,1H3,(H,16,18). The summed E-state index contributed by atoms with van der Waals surface area (Å²) in [7, 11) is 1.66. The Bertz CT molecular complexity index is 523. The number of nitrogens with one attached hydrogen (secondary N) is 1. The van der Waals surface area contributed by atoms with E-state index in [9.17, 15) is 14.0 Å². The minimum Gasteiger partial charge on any atom is -0.484 e. The number of likely N-dealkylation sites (N-methyl/N-ethyl adjacent to an activating group) is 1. The van der Waals surface area contributed by atoms with Crippen LogP contribution < -0.4 is 10.1 Å². The van der Waals surface area contributed by atoms with Gasteiger partial charge in [-0.1, -0.05) is 6.07 Å². The van der Waals surface area contributed by atoms with Gasteiger partial charge in [-0.3, -0.25) is 4.79 Å². The number of carbonyl (C=O) groups excluding carboxylic acids is 2. The number of ether oxygens (including phenoxy) is 2. The lowest BCUT2D eigenvalue weighted by Crippen LogP contribution is -2.32. The molecule has 1 saturated heterocycles. The van der Waals surface area contributed by atoms with Crippen molar-refractivity contribution in [3.05, 3.63) is 30.1 Å². The number of halogens is 1. The van der Waals surface area contributed by atoms with Gasteiger partial charge in [0.1, 0.15) is 17.7 Å². The van der Waals surface area contributed by atoms with E-state index >= 15 is 0 Å². The highest BCUT2D eigenvalue weighted by molar-refractivity contribution is 5.77. The van der Waals surface area contributed by atoms with Crippen molar-refractivity contribution in [3.63, 3.8) is 0 Å². The number of benzene rings is 1. The molecule has 7 heteroatoms. The molecule has 2 amide bonds. The van der Waals surface area contributed by atoms with E-state index in [2.05, 4.69) is 5.32 Å². The lowest BCUT2D eigenvalue weighted by atomic mass is 10.2. The smallest absolute Gasteiger partial charge is 0.409 e. The Balaban J connectivity index is 1.63. The predicted molar refractivity (Wildman–Crippen MR) is 72.4 cm³/mol. The van der Waals surface area contributed by atoms with E-state index in [0.29, 0.717) is 25.3 Å². The van der Waals surface area contributed by atoms with E-state index in [1.165, 1.54) is 23.1 Å². The van der Waals surface area contributed by atoms with Gasteiger partial charge in [-0.25, -0.2) is 9.18 Å². The molecule has 1 fully saturated rings. The minimum atomic E-state index is -0.417. The summed E-state index contributed by atoms with van der Waals surface area (Å²) in [6.45, 7) is 0.722. The third-order valence-electron chi connectivity index (χ3n) is 3.01. The largest absolute Gasteiger partial charge is 0.484 e. The first-order valence-corrected chi connectivity index (χ1v) is 6.61. The molecule has 114 valence electrons. The molecular formula is C14H17FN2O4. The van der Waals surface area contributed by atoms with Crippen LogP contribution in [0.5, 0.6) is 5.75 Å². The summed E-state index contributed by atoms with van der Waals surface area (Å²) in [5, 5.41) is 2.66. The fourth-order valence-electron chi connectivity index (χ4n) is 1.93. The summed E-state index contributed by atoms with van der Waals surface area (Å²) in [6, 6.07) is 5.59. The molecule has 0 bridgehead atoms. The predicted octanol–water partition coefficient (Wildman–Crippen LogP) is 1.16. The number of hydrogen-bond donors (Lipinski definition) is 1. The molecule has 1 unspecified atom stereocenters. The molecule has 0 saturated carbocycles. The Hall–Kier alpha value is -2.31. The highest BCUT2D eigenvalue weighted by Gasteiger charge is 2.27. The summed E-state index contributed by atoms with van der Waals surface area (Å²) in [4.78, 5) is 24.2. The zero-order valence-electron chi connectivity index (χ0n) is 11.7. The minimum absolute atomic E-state index is 0.187. The third kappa shape index (κ3) is 4.62. The summed E-state index contributed by atoms with van der Waals surface area (Å²) in [5.74, 6) is -0.423. The number of nitrogens with zero attached hydrogens (tertiary/aromatic N) is 1. The van der Waals surface area contributed by atoms with E-state index in [1.807, 2.05) is 0 Å². The highest BCUT2D eigenvalue weighted by Crippen LogP contribution is 2.12. The zero-order chi connectivity index (χ0) is 15.2. The van der Waals surface area contributed by atoms with Crippen molar-refractivity contribution in [1.82, 2.24) is 10.2 Å². The average Bonchev–Trinajstić information content (AvgIpc) is 2.75. The van der Waals surface area contributed by atoms with Crippen molar-refractivity contribution in [2.45, 2.75) is 12.5 Å². The van der Waals surface area contributed by atoms with Gasteiger partial charge < -0.3 is 19.7 Å². The molecule has 0 spiro atoms. The fraction of sp³-hybridized carbons (Fsp3) is 0.429. The van der Waals surface area contributed by atoms with E-state index in [1.54, 1.807) is 13.1 Å². The number of rotatable bonds is 6. The maximum Gasteiger partial charge on any atom is 0.409 e. The lowest BCUT2D eigenvalue weighted by Gasteiger charge is -2.10. The second-order valence-electron chi connectivity index (χ2n) is 4.77. The number of cyclic esters (lactones) is 1. The van der Waals surface area contributed by atoms with Crippen molar-refractivity contribution >= 4 is 12.0 Å². The van der Waals surface area contributed by atoms with E-state index < -0.39 is 5.82 Å². The summed E-state index contributed by atoms with van der Waals surface area (Å²) < 4.78 is 23.1. The van der Waals surface area contributed by atoms with Gasteiger partial charge >= 0.3 is 6.09 Å². The Labute approximate surface area is 121 Å². The molecule has 1 atom stereocenters. The van der Waals surface area contributed by atoms with Crippen molar-refractivity contribution < 1.29 is 23.5 Å². The average molecular weight is 296 g/mol. The van der Waals surface area contributed by atoms with Crippen molar-refractivity contribution in [2.24, 2.45) is 0 Å². The molecule has 1 aliphatic heterocycles. The second-order valence-corrected chi connectivity index (χ2v) is 4.77. The van der Waals surface area contributed by atoms with Crippen molar-refractivity contribution in [1.29, 1.82) is 0 Å². The first-order valence-electron chi connectivity index (χ1n) is 6.61. The first kappa shape index (κ1) is 15.1. The first-order chi connectivity index (χ1) is 10.0. The molecule has 1 N–H and O–H groups in total. The maximum absolute atomic E-state index is 12.9. The topological polar surface area (TPSA) is 67.9 Å². The Morgan fingerprint density at radius 1 is 1.57 bits per heavy atom. The fourth-order valence-corrected chi connectivity index (χ4v) is 1.93. The van der Waals surface area contributed by atoms with E-state index in [4.69, 9.17) is 9.47 Å². The Morgan fingerprint density at radius 2 is 2.38 bits per heavy atom. The van der Waals surface area contributed by atoms with Gasteiger partial charge in [0.15, 0.2) is 6.61 Å². The molecule has 21 heavy (non-hydrogen) atoms. The van der Waals surface area contributed by atoms with Gasteiger partial charge in [0.05, 0.1) is 6.54 Å². The Morgan fingerprint density at radius 3 is 3.05 bits per heavy atom. The summed E-state index contributed by atoms with van der Waals surface area (Å²) in [5.41, 5.74) is 0. The van der Waals surface area contributed by atoms with Gasteiger partial charge in [0.25, 0.3) is 5.91 Å². The van der Waals surface area contributed by atoms with Crippen LogP contribution in [-0.4, -0.2) is 49.7 Å². The van der Waals surface area contributed by atoms with Crippen LogP contribution in [-0.2, 0) is 9.53 Å². The second kappa shape index (κ2) is 6.92. The third-order valence-corrected chi connectivity index (χ3v) is 3.01. The molecule has 2 rings (SSSR count). The van der Waals surface area contributed by atoms with Gasteiger partial charge in [-0.05, 0) is 12.1 Å². The SMILES string of the molecule is CN1CC(CCNC(=O)COc2cccc(F)c2)OC1=O. The molecule has 0 aliphatic carbocycles. The van der Waals surface area contributed by atoms with Crippen LogP contribution in [0.4, 0.5) is 9.18 Å². The summed E-state index contributed by atoms with van der Waals surface area (Å²) >= 11 is 0. The van der Waals surface area contributed by atoms with Gasteiger partial charge in [0.2, 0.25) is 0 Å². The van der Waals surface area contributed by atoms with Crippen LogP contribution in [0, 0.1) is 5.82 Å². The quantitative estimate of drug-likeness (QED) is 0.855. The number of carbonyl (C=O) groups is 2. The molecule has 1 aliphatic rings. The highest BCUT2D eigenvalue weighted by atomic mass is 19.1. The molecule has 1 heterocycles. The lowest BCUT2D eigenvalue weighted by molar-refractivity contribution is -0.123. The molecule has 0 radical (unpaired) electrons. The van der Waals surface area contributed by atoms with Crippen LogP contribution in [0.1, 0.15) is 6.42 Å². The Kier molecular flexibility index (Phi) is 4.97. The van der Waals surface area contributed by atoms with Crippen LogP contribution in [0.25, 0.3) is 0 Å². The van der Waals surface area contributed by atoms with Crippen LogP contribution >= 0.6 is 0 Å². The summed E-state index contributed by atoms with van der Waals surface area (Å²) in [6.07, 6.45) is -0.00499. The number of amides is 2. The van der Waals surface area contributed by atoms with E-state index in [-0.39, 0.29) is 24.7 Å². The molecule has 6 nitrogen and oxygen atoms in total. The van der Waals surface area contributed by atoms with Gasteiger partial charge in [0, 0.05) is 26.1 Å². The van der Waals surface area contributed by atoms with Gasteiger partial charge in [-0.2, -0.15) is 0 Å². The normalized spacial score (nSPS) is 17.5. The van der Waals surface area contributed by atoms with Crippen molar-refractivity contribution in [2.75, 3.05) is 26.7 Å². The molecule has 1 aromatic carbocycles. The van der Waals surface area contributed by atoms with Crippen LogP contribution in [0.2, 0.25) is 0 Å². The molecular weight excluding hydrogens is 279 g/mol. The maximum atomic E-state index is 12.9. The van der Waals surface area contributed by atoms with Gasteiger partial charge in [-0.15, -0.1) is 0 Å². The number of hydrogen-bond acceptors (Lipinski definition) is 4.